The van der Waals surface area contributed by atoms with Crippen LogP contribution in [-0.4, -0.2) is 66.3 Å². The lowest BCUT2D eigenvalue weighted by atomic mass is 10.1. The number of nitrogens with two attached hydrogens (primary N) is 2. The summed E-state index contributed by atoms with van der Waals surface area (Å²) in [6.45, 7) is 0.482. The second kappa shape index (κ2) is 14.8. The number of nitrogens with zero attached hydrogens (tertiary/aromatic N) is 5. The van der Waals surface area contributed by atoms with Crippen molar-refractivity contribution >= 4 is 68.1 Å². The van der Waals surface area contributed by atoms with Crippen molar-refractivity contribution in [2.24, 2.45) is 0 Å². The summed E-state index contributed by atoms with van der Waals surface area (Å²) in [6.07, 6.45) is 2.97. The number of rotatable bonds is 14. The Kier molecular flexibility index (Phi) is 10.7. The van der Waals surface area contributed by atoms with Gasteiger partial charge in [0.25, 0.3) is 5.91 Å². The molecule has 1 amide bonds. The van der Waals surface area contributed by atoms with E-state index in [0.29, 0.717) is 34.8 Å². The fourth-order valence-corrected chi connectivity index (χ4v) is 5.23. The van der Waals surface area contributed by atoms with Gasteiger partial charge in [-0.2, -0.15) is 9.97 Å². The van der Waals surface area contributed by atoms with Gasteiger partial charge < -0.3 is 31.9 Å². The van der Waals surface area contributed by atoms with Crippen LogP contribution in [0.2, 0.25) is 0 Å². The fourth-order valence-electron chi connectivity index (χ4n) is 3.52. The maximum absolute atomic E-state index is 12.7. The van der Waals surface area contributed by atoms with E-state index in [2.05, 4.69) is 35.6 Å². The number of aromatic nitrogens is 5. The Hall–Kier alpha value is -4.70. The van der Waals surface area contributed by atoms with Gasteiger partial charge in [0, 0.05) is 29.6 Å². The van der Waals surface area contributed by atoms with Crippen molar-refractivity contribution < 1.29 is 24.2 Å². The number of anilines is 3. The van der Waals surface area contributed by atoms with E-state index in [-0.39, 0.29) is 36.8 Å². The smallest absolute Gasteiger partial charge is 0.326 e. The predicted molar refractivity (Wildman–Crippen MR) is 159 cm³/mol. The van der Waals surface area contributed by atoms with E-state index in [4.69, 9.17) is 16.2 Å². The molecular formula is C26H27N9O5S2. The summed E-state index contributed by atoms with van der Waals surface area (Å²) in [5.74, 6) is -1.68. The van der Waals surface area contributed by atoms with Crippen LogP contribution in [0.3, 0.4) is 0 Å². The second-order valence-electron chi connectivity index (χ2n) is 8.63. The number of benzene rings is 1. The van der Waals surface area contributed by atoms with E-state index >= 15 is 0 Å². The van der Waals surface area contributed by atoms with Gasteiger partial charge in [-0.3, -0.25) is 9.59 Å². The molecule has 4 aromatic rings. The molecule has 3 heterocycles. The molecule has 0 aliphatic rings. The van der Waals surface area contributed by atoms with Gasteiger partial charge in [-0.1, -0.05) is 16.9 Å². The van der Waals surface area contributed by atoms with Gasteiger partial charge in [-0.15, -0.1) is 0 Å². The number of carboxylic acid groups (broad SMARTS) is 1. The first-order valence-electron chi connectivity index (χ1n) is 12.6. The lowest BCUT2D eigenvalue weighted by Crippen LogP contribution is -2.41. The molecule has 1 aromatic carbocycles. The first-order valence-corrected chi connectivity index (χ1v) is 14.9. The van der Waals surface area contributed by atoms with E-state index < -0.39 is 23.9 Å². The first kappa shape index (κ1) is 30.3. The predicted octanol–water partition coefficient (Wildman–Crippen LogP) is 2.54. The number of hydrogen-bond acceptors (Lipinski definition) is 14. The zero-order valence-electron chi connectivity index (χ0n) is 22.1. The highest BCUT2D eigenvalue weighted by atomic mass is 33.1. The zero-order valence-corrected chi connectivity index (χ0v) is 23.7. The van der Waals surface area contributed by atoms with Crippen LogP contribution in [0.4, 0.5) is 17.5 Å². The van der Waals surface area contributed by atoms with Crippen LogP contribution in [0.25, 0.3) is 11.2 Å². The van der Waals surface area contributed by atoms with Crippen LogP contribution in [0.5, 0.6) is 0 Å². The van der Waals surface area contributed by atoms with E-state index in [0.717, 1.165) is 5.03 Å². The van der Waals surface area contributed by atoms with Gasteiger partial charge in [0.05, 0.1) is 18.4 Å². The summed E-state index contributed by atoms with van der Waals surface area (Å²) < 4.78 is 5.17. The largest absolute Gasteiger partial charge is 0.480 e. The van der Waals surface area contributed by atoms with Crippen molar-refractivity contribution in [1.82, 2.24) is 30.2 Å². The number of amides is 1. The Morgan fingerprint density at radius 3 is 2.57 bits per heavy atom. The number of nitrogen functional groups attached to an aromatic ring is 2. The first-order chi connectivity index (χ1) is 20.3. The minimum absolute atomic E-state index is 0.0130. The Balaban J connectivity index is 1.20. The number of esters is 1. The molecule has 0 aliphatic heterocycles. The number of fused-ring (bicyclic) bond motifs is 1. The third-order valence-corrected chi connectivity index (χ3v) is 7.80. The maximum atomic E-state index is 12.7. The number of carboxylic acids is 1. The van der Waals surface area contributed by atoms with Crippen LogP contribution in [0.15, 0.2) is 59.9 Å². The van der Waals surface area contributed by atoms with Crippen molar-refractivity contribution in [3.8, 4) is 0 Å². The minimum Gasteiger partial charge on any atom is -0.480 e. The summed E-state index contributed by atoms with van der Waals surface area (Å²) in [7, 11) is 2.96. The highest BCUT2D eigenvalue weighted by Crippen LogP contribution is 2.28. The standard InChI is InChI=1S/C26H27N9O5S2/c27-22-21-23(35-26(28)34-22)31-14-17(32-21)13-30-16-6-4-15(5-7-16)24(37)33-18(25(38)39)8-9-20(36)40-11-12-41-42-19-3-1-2-10-29-19/h1-7,10,14,18,30H,8-9,11-13H2,(H,33,37)(H,38,39)(H4,27,28,31,34,35)/t18-/m0/s1. The molecule has 0 bridgehead atoms. The van der Waals surface area contributed by atoms with Gasteiger partial charge in [0.15, 0.2) is 17.0 Å². The number of carbonyl (C=O) groups excluding carboxylic acids is 2. The molecule has 4 rings (SSSR count). The Bertz CT molecular complexity index is 1540. The topological polar surface area (TPSA) is 221 Å². The number of carbonyl (C=O) groups is 3. The van der Waals surface area contributed by atoms with E-state index in [1.165, 1.54) is 27.8 Å². The van der Waals surface area contributed by atoms with Gasteiger partial charge >= 0.3 is 11.9 Å². The van der Waals surface area contributed by atoms with Gasteiger partial charge in [0.1, 0.15) is 17.7 Å². The van der Waals surface area contributed by atoms with Gasteiger partial charge in [-0.25, -0.2) is 19.7 Å². The van der Waals surface area contributed by atoms with Crippen LogP contribution in [-0.2, 0) is 20.9 Å². The summed E-state index contributed by atoms with van der Waals surface area (Å²) in [5, 5.41) is 16.0. The van der Waals surface area contributed by atoms with Crippen molar-refractivity contribution in [3.63, 3.8) is 0 Å². The highest BCUT2D eigenvalue weighted by molar-refractivity contribution is 8.76. The molecule has 0 spiro atoms. The Labute approximate surface area is 247 Å². The summed E-state index contributed by atoms with van der Waals surface area (Å²) in [6, 6.07) is 10.8. The lowest BCUT2D eigenvalue weighted by Gasteiger charge is -2.14. The molecule has 7 N–H and O–H groups in total. The molecule has 0 aliphatic carbocycles. The average Bonchev–Trinajstić information content (AvgIpc) is 2.98. The van der Waals surface area contributed by atoms with Crippen LogP contribution in [0.1, 0.15) is 28.9 Å². The Morgan fingerprint density at radius 1 is 1.02 bits per heavy atom. The number of nitrogens with one attached hydrogen (secondary N) is 2. The normalized spacial score (nSPS) is 11.5. The second-order valence-corrected chi connectivity index (χ2v) is 11.1. The summed E-state index contributed by atoms with van der Waals surface area (Å²) in [5.41, 5.74) is 13.6. The van der Waals surface area contributed by atoms with Crippen molar-refractivity contribution in [2.45, 2.75) is 30.5 Å². The maximum Gasteiger partial charge on any atom is 0.326 e. The van der Waals surface area contributed by atoms with E-state index in [1.807, 2.05) is 18.2 Å². The number of hydrogen-bond donors (Lipinski definition) is 5. The van der Waals surface area contributed by atoms with E-state index in [9.17, 15) is 19.5 Å². The molecule has 0 unspecified atom stereocenters. The molecule has 1 atom stereocenters. The van der Waals surface area contributed by atoms with E-state index in [1.54, 1.807) is 30.5 Å². The van der Waals surface area contributed by atoms with Crippen LogP contribution >= 0.6 is 21.6 Å². The molecule has 16 heteroatoms. The SMILES string of the molecule is Nc1nc(N)c2nc(CNc3ccc(C(=O)N[C@@H](CCC(=O)OCCSSc4ccccn4)C(=O)O)cc3)cnc2n1. The summed E-state index contributed by atoms with van der Waals surface area (Å²) >= 11 is 0. The highest BCUT2D eigenvalue weighted by Gasteiger charge is 2.22. The third-order valence-electron chi connectivity index (χ3n) is 5.57. The van der Waals surface area contributed by atoms with Crippen molar-refractivity contribution in [1.29, 1.82) is 0 Å². The Morgan fingerprint density at radius 2 is 1.83 bits per heavy atom. The number of aliphatic carboxylic acids is 1. The molecule has 0 radical (unpaired) electrons. The molecule has 218 valence electrons. The van der Waals surface area contributed by atoms with Gasteiger partial charge in [-0.05, 0) is 53.6 Å². The molecule has 14 nitrogen and oxygen atoms in total. The number of pyridine rings is 1. The lowest BCUT2D eigenvalue weighted by molar-refractivity contribution is -0.144. The van der Waals surface area contributed by atoms with Crippen LogP contribution < -0.4 is 22.1 Å². The molecule has 0 fully saturated rings. The third kappa shape index (κ3) is 8.90. The minimum atomic E-state index is -1.25. The van der Waals surface area contributed by atoms with Crippen LogP contribution in [0, 0.1) is 0 Å². The molecule has 0 saturated heterocycles. The van der Waals surface area contributed by atoms with Crippen molar-refractivity contribution in [2.75, 3.05) is 29.1 Å². The molecular weight excluding hydrogens is 582 g/mol. The zero-order chi connectivity index (χ0) is 29.9. The quantitative estimate of drug-likeness (QED) is 0.0787. The monoisotopic (exact) mass is 609 g/mol. The molecule has 0 saturated carbocycles. The van der Waals surface area contributed by atoms with Gasteiger partial charge in [0.2, 0.25) is 5.95 Å². The number of ether oxygens (including phenoxy) is 1. The fraction of sp³-hybridized carbons (Fsp3) is 0.231. The molecule has 42 heavy (non-hydrogen) atoms. The van der Waals surface area contributed by atoms with Crippen molar-refractivity contribution in [3.05, 3.63) is 66.1 Å². The summed E-state index contributed by atoms with van der Waals surface area (Å²) in [4.78, 5) is 57.1. The average molecular weight is 610 g/mol. The molecule has 3 aromatic heterocycles.